The second-order valence-corrected chi connectivity index (χ2v) is 4.38. The number of fused-ring (bicyclic) bond motifs is 1. The summed E-state index contributed by atoms with van der Waals surface area (Å²) in [6, 6.07) is 0. The first kappa shape index (κ1) is 8.79. The van der Waals surface area contributed by atoms with Crippen LogP contribution in [0.2, 0.25) is 0 Å². The topological polar surface area (TPSA) is 47.8 Å². The third-order valence-corrected chi connectivity index (χ3v) is 3.33. The van der Waals surface area contributed by atoms with Gasteiger partial charge in [0.05, 0.1) is 17.5 Å². The van der Waals surface area contributed by atoms with E-state index >= 15 is 0 Å². The van der Waals surface area contributed by atoms with Crippen molar-refractivity contribution in [1.29, 1.82) is 0 Å². The Labute approximate surface area is 90.6 Å². The lowest BCUT2D eigenvalue weighted by molar-refractivity contribution is 0.0972. The Morgan fingerprint density at radius 2 is 2.33 bits per heavy atom. The lowest BCUT2D eigenvalue weighted by Crippen LogP contribution is -2.12. The van der Waals surface area contributed by atoms with Gasteiger partial charge >= 0.3 is 0 Å². The zero-order valence-electron chi connectivity index (χ0n) is 8.01. The van der Waals surface area contributed by atoms with Crippen LogP contribution in [0.25, 0.3) is 5.13 Å². The van der Waals surface area contributed by atoms with Crippen LogP contribution >= 0.6 is 11.3 Å². The van der Waals surface area contributed by atoms with Crippen molar-refractivity contribution in [3.63, 3.8) is 0 Å². The number of nitrogens with zero attached hydrogens (tertiary/aromatic N) is 3. The molecule has 0 unspecified atom stereocenters. The van der Waals surface area contributed by atoms with E-state index < -0.39 is 0 Å². The van der Waals surface area contributed by atoms with Crippen LogP contribution in [0.3, 0.4) is 0 Å². The molecule has 0 aromatic carbocycles. The predicted octanol–water partition coefficient (Wildman–Crippen LogP) is 1.85. The Bertz CT molecular complexity index is 501. The highest BCUT2D eigenvalue weighted by Gasteiger charge is 2.22. The van der Waals surface area contributed by atoms with E-state index in [9.17, 15) is 4.79 Å². The van der Waals surface area contributed by atoms with Crippen LogP contribution < -0.4 is 0 Å². The standard InChI is InChI=1S/C10H9N3OS/c14-9-3-1-2-8-7(9)6-12-13(8)10-11-4-5-15-10/h4-6H,1-3H2. The molecule has 0 saturated heterocycles. The third-order valence-electron chi connectivity index (χ3n) is 2.59. The maximum atomic E-state index is 11.6. The highest BCUT2D eigenvalue weighted by Crippen LogP contribution is 2.24. The van der Waals surface area contributed by atoms with Gasteiger partial charge in [-0.2, -0.15) is 5.10 Å². The zero-order valence-corrected chi connectivity index (χ0v) is 8.83. The van der Waals surface area contributed by atoms with E-state index in [0.717, 1.165) is 29.2 Å². The summed E-state index contributed by atoms with van der Waals surface area (Å²) in [5, 5.41) is 6.98. The van der Waals surface area contributed by atoms with Crippen molar-refractivity contribution in [2.24, 2.45) is 0 Å². The number of rotatable bonds is 1. The average Bonchev–Trinajstić information content (AvgIpc) is 2.85. The molecule has 4 nitrogen and oxygen atoms in total. The molecule has 0 amide bonds. The molecule has 2 heterocycles. The van der Waals surface area contributed by atoms with Gasteiger partial charge in [0.1, 0.15) is 0 Å². The molecular formula is C10H9N3OS. The molecule has 0 N–H and O–H groups in total. The maximum Gasteiger partial charge on any atom is 0.210 e. The highest BCUT2D eigenvalue weighted by atomic mass is 32.1. The fourth-order valence-electron chi connectivity index (χ4n) is 1.88. The predicted molar refractivity (Wildman–Crippen MR) is 56.5 cm³/mol. The molecule has 0 bridgehead atoms. The smallest absolute Gasteiger partial charge is 0.210 e. The summed E-state index contributed by atoms with van der Waals surface area (Å²) in [4.78, 5) is 15.8. The lowest BCUT2D eigenvalue weighted by atomic mass is 9.97. The van der Waals surface area contributed by atoms with E-state index in [4.69, 9.17) is 0 Å². The minimum Gasteiger partial charge on any atom is -0.294 e. The number of aromatic nitrogens is 3. The molecule has 0 fully saturated rings. The Morgan fingerprint density at radius 1 is 1.40 bits per heavy atom. The second kappa shape index (κ2) is 3.27. The fourth-order valence-corrected chi connectivity index (χ4v) is 2.51. The average molecular weight is 219 g/mol. The van der Waals surface area contributed by atoms with Gasteiger partial charge in [0.25, 0.3) is 0 Å². The summed E-state index contributed by atoms with van der Waals surface area (Å²) in [5.41, 5.74) is 1.79. The highest BCUT2D eigenvalue weighted by molar-refractivity contribution is 7.12. The largest absolute Gasteiger partial charge is 0.294 e. The number of hydrogen-bond donors (Lipinski definition) is 0. The fraction of sp³-hybridized carbons (Fsp3) is 0.300. The Hall–Kier alpha value is -1.49. The van der Waals surface area contributed by atoms with Gasteiger partial charge in [-0.15, -0.1) is 11.3 Å². The Morgan fingerprint density at radius 3 is 3.13 bits per heavy atom. The SMILES string of the molecule is O=C1CCCc2c1cnn2-c1nccs1. The first-order valence-corrected chi connectivity index (χ1v) is 5.74. The molecular weight excluding hydrogens is 210 g/mol. The summed E-state index contributed by atoms with van der Waals surface area (Å²) in [6.07, 6.45) is 5.90. The van der Waals surface area contributed by atoms with Crippen LogP contribution in [-0.4, -0.2) is 20.5 Å². The summed E-state index contributed by atoms with van der Waals surface area (Å²) in [6.45, 7) is 0. The third kappa shape index (κ3) is 1.31. The van der Waals surface area contributed by atoms with E-state index in [-0.39, 0.29) is 5.78 Å². The number of carbonyl (C=O) groups excluding carboxylic acids is 1. The monoisotopic (exact) mass is 219 g/mol. The zero-order chi connectivity index (χ0) is 10.3. The maximum absolute atomic E-state index is 11.6. The normalized spacial score (nSPS) is 15.3. The molecule has 2 aromatic rings. The van der Waals surface area contributed by atoms with Gasteiger partial charge in [-0.3, -0.25) is 4.79 Å². The molecule has 1 aliphatic carbocycles. The molecule has 3 rings (SSSR count). The second-order valence-electron chi connectivity index (χ2n) is 3.51. The van der Waals surface area contributed by atoms with Crippen LogP contribution in [-0.2, 0) is 6.42 Å². The van der Waals surface area contributed by atoms with E-state index in [1.165, 1.54) is 11.3 Å². The van der Waals surface area contributed by atoms with Crippen molar-refractivity contribution in [1.82, 2.24) is 14.8 Å². The molecule has 5 heteroatoms. The number of Topliss-reactive ketones (excluding diaryl/α,β-unsaturated/α-hetero) is 1. The van der Waals surface area contributed by atoms with Crippen LogP contribution in [0.15, 0.2) is 17.8 Å². The Kier molecular flexibility index (Phi) is 1.92. The summed E-state index contributed by atoms with van der Waals surface area (Å²) in [7, 11) is 0. The number of ketones is 1. The van der Waals surface area contributed by atoms with Gasteiger partial charge in [0, 0.05) is 18.0 Å². The summed E-state index contributed by atoms with van der Waals surface area (Å²) < 4.78 is 1.79. The van der Waals surface area contributed by atoms with E-state index in [0.29, 0.717) is 6.42 Å². The summed E-state index contributed by atoms with van der Waals surface area (Å²) in [5.74, 6) is 0.207. The van der Waals surface area contributed by atoms with Crippen molar-refractivity contribution in [3.8, 4) is 5.13 Å². The van der Waals surface area contributed by atoms with Crippen molar-refractivity contribution in [2.75, 3.05) is 0 Å². The van der Waals surface area contributed by atoms with Gasteiger partial charge in [0.15, 0.2) is 5.78 Å². The van der Waals surface area contributed by atoms with E-state index in [1.807, 2.05) is 5.38 Å². The van der Waals surface area contributed by atoms with Crippen LogP contribution in [0.5, 0.6) is 0 Å². The van der Waals surface area contributed by atoms with E-state index in [1.54, 1.807) is 17.1 Å². The molecule has 2 aromatic heterocycles. The minimum atomic E-state index is 0.207. The first-order valence-electron chi connectivity index (χ1n) is 4.86. The molecule has 0 saturated carbocycles. The van der Waals surface area contributed by atoms with Gasteiger partial charge in [-0.25, -0.2) is 9.67 Å². The number of thiazole rings is 1. The molecule has 0 radical (unpaired) electrons. The Balaban J connectivity index is 2.15. The number of carbonyl (C=O) groups is 1. The first-order chi connectivity index (χ1) is 7.36. The van der Waals surface area contributed by atoms with Crippen LogP contribution in [0, 0.1) is 0 Å². The van der Waals surface area contributed by atoms with Crippen molar-refractivity contribution in [3.05, 3.63) is 29.0 Å². The van der Waals surface area contributed by atoms with Gasteiger partial charge in [0.2, 0.25) is 5.13 Å². The quantitative estimate of drug-likeness (QED) is 0.735. The lowest BCUT2D eigenvalue weighted by Gasteiger charge is -2.11. The molecule has 15 heavy (non-hydrogen) atoms. The number of hydrogen-bond acceptors (Lipinski definition) is 4. The molecule has 0 spiro atoms. The molecule has 76 valence electrons. The van der Waals surface area contributed by atoms with E-state index in [2.05, 4.69) is 10.1 Å². The van der Waals surface area contributed by atoms with Crippen LogP contribution in [0.1, 0.15) is 28.9 Å². The minimum absolute atomic E-state index is 0.207. The van der Waals surface area contributed by atoms with Crippen molar-refractivity contribution >= 4 is 17.1 Å². The van der Waals surface area contributed by atoms with Crippen molar-refractivity contribution in [2.45, 2.75) is 19.3 Å². The molecule has 0 aliphatic heterocycles. The van der Waals surface area contributed by atoms with Gasteiger partial charge in [-0.1, -0.05) is 0 Å². The molecule has 1 aliphatic rings. The van der Waals surface area contributed by atoms with Gasteiger partial charge < -0.3 is 0 Å². The van der Waals surface area contributed by atoms with Crippen LogP contribution in [0.4, 0.5) is 0 Å². The summed E-state index contributed by atoms with van der Waals surface area (Å²) >= 11 is 1.53. The van der Waals surface area contributed by atoms with Gasteiger partial charge in [-0.05, 0) is 12.8 Å². The van der Waals surface area contributed by atoms with Crippen molar-refractivity contribution < 1.29 is 4.79 Å². The molecule has 0 atom stereocenters.